The number of fused-ring (bicyclic) bond motifs is 1. The first-order chi connectivity index (χ1) is 9.76. The Morgan fingerprint density at radius 1 is 1.25 bits per heavy atom. The van der Waals surface area contributed by atoms with E-state index < -0.39 is 0 Å². The van der Waals surface area contributed by atoms with Crippen LogP contribution in [0.3, 0.4) is 0 Å². The molecule has 0 saturated heterocycles. The van der Waals surface area contributed by atoms with Crippen molar-refractivity contribution < 1.29 is 4.42 Å². The van der Waals surface area contributed by atoms with E-state index in [1.165, 1.54) is 24.1 Å². The number of aromatic nitrogens is 2. The topological polar surface area (TPSA) is 51.0 Å². The van der Waals surface area contributed by atoms with Gasteiger partial charge in [-0.25, -0.2) is 9.97 Å². The summed E-state index contributed by atoms with van der Waals surface area (Å²) >= 11 is 0. The van der Waals surface area contributed by atoms with Crippen molar-refractivity contribution in [3.05, 3.63) is 29.2 Å². The first kappa shape index (κ1) is 11.9. The Balaban J connectivity index is 1.73. The normalized spacial score (nSPS) is 23.7. The van der Waals surface area contributed by atoms with Gasteiger partial charge in [0.2, 0.25) is 0 Å². The molecule has 2 aromatic heterocycles. The van der Waals surface area contributed by atoms with Crippen LogP contribution < -0.4 is 5.32 Å². The smallest absolute Gasteiger partial charge is 0.197 e. The predicted molar refractivity (Wildman–Crippen MR) is 77.8 cm³/mol. The van der Waals surface area contributed by atoms with Crippen molar-refractivity contribution >= 4 is 5.82 Å². The van der Waals surface area contributed by atoms with E-state index in [-0.39, 0.29) is 0 Å². The van der Waals surface area contributed by atoms with E-state index in [4.69, 9.17) is 9.40 Å². The predicted octanol–water partition coefficient (Wildman–Crippen LogP) is 3.39. The van der Waals surface area contributed by atoms with Crippen LogP contribution in [0.2, 0.25) is 0 Å². The number of hydrogen-bond donors (Lipinski definition) is 1. The van der Waals surface area contributed by atoms with Gasteiger partial charge in [0.15, 0.2) is 11.6 Å². The fourth-order valence-electron chi connectivity index (χ4n) is 3.14. The molecule has 0 radical (unpaired) electrons. The van der Waals surface area contributed by atoms with Crippen LogP contribution in [-0.4, -0.2) is 17.0 Å². The highest BCUT2D eigenvalue weighted by Gasteiger charge is 2.36. The molecule has 1 N–H and O–H groups in total. The van der Waals surface area contributed by atoms with E-state index in [0.717, 1.165) is 41.9 Å². The fourth-order valence-corrected chi connectivity index (χ4v) is 3.14. The molecular weight excluding hydrogens is 250 g/mol. The minimum atomic E-state index is 0.599. The molecule has 4 nitrogen and oxygen atoms in total. The van der Waals surface area contributed by atoms with Crippen LogP contribution in [0.5, 0.6) is 0 Å². The molecule has 2 unspecified atom stereocenters. The van der Waals surface area contributed by atoms with Crippen LogP contribution in [-0.2, 0) is 12.8 Å². The average molecular weight is 269 g/mol. The number of nitrogens with one attached hydrogen (secondary N) is 1. The monoisotopic (exact) mass is 269 g/mol. The van der Waals surface area contributed by atoms with Crippen LogP contribution in [0.1, 0.15) is 42.7 Å². The Hall–Kier alpha value is -1.84. The molecule has 2 aliphatic rings. The maximum absolute atomic E-state index is 5.97. The molecule has 2 aromatic rings. The van der Waals surface area contributed by atoms with E-state index in [2.05, 4.69) is 23.3 Å². The zero-order valence-corrected chi connectivity index (χ0v) is 11.9. The number of nitrogens with zero attached hydrogens (tertiary/aromatic N) is 2. The summed E-state index contributed by atoms with van der Waals surface area (Å²) in [4.78, 5) is 9.33. The highest BCUT2D eigenvalue weighted by atomic mass is 16.3. The molecule has 20 heavy (non-hydrogen) atoms. The molecule has 1 fully saturated rings. The average Bonchev–Trinajstić information content (AvgIpc) is 2.90. The van der Waals surface area contributed by atoms with E-state index >= 15 is 0 Å². The lowest BCUT2D eigenvalue weighted by Gasteiger charge is -2.08. The summed E-state index contributed by atoms with van der Waals surface area (Å²) in [6, 6.07) is 4.09. The summed E-state index contributed by atoms with van der Waals surface area (Å²) < 4.78 is 5.97. The molecule has 4 rings (SSSR count). The largest absolute Gasteiger partial charge is 0.457 e. The molecule has 0 aromatic carbocycles. The second-order valence-corrected chi connectivity index (χ2v) is 5.95. The first-order valence-corrected chi connectivity index (χ1v) is 7.44. The second-order valence-electron chi connectivity index (χ2n) is 5.95. The number of hydrogen-bond acceptors (Lipinski definition) is 4. The van der Waals surface area contributed by atoms with Crippen molar-refractivity contribution in [2.45, 2.75) is 38.5 Å². The summed E-state index contributed by atoms with van der Waals surface area (Å²) in [5.41, 5.74) is 2.45. The number of furan rings is 1. The SMILES string of the molecule is CNc1nc(-c2ccc(C3CC3C)o2)nc2c1CCC2. The van der Waals surface area contributed by atoms with Gasteiger partial charge in [0.25, 0.3) is 0 Å². The quantitative estimate of drug-likeness (QED) is 0.928. The van der Waals surface area contributed by atoms with Gasteiger partial charge in [0.1, 0.15) is 11.6 Å². The van der Waals surface area contributed by atoms with Crippen molar-refractivity contribution in [2.24, 2.45) is 5.92 Å². The van der Waals surface area contributed by atoms with E-state index in [1.807, 2.05) is 13.1 Å². The first-order valence-electron chi connectivity index (χ1n) is 7.44. The molecule has 0 spiro atoms. The van der Waals surface area contributed by atoms with Crippen LogP contribution >= 0.6 is 0 Å². The minimum Gasteiger partial charge on any atom is -0.457 e. The lowest BCUT2D eigenvalue weighted by atomic mass is 10.2. The lowest BCUT2D eigenvalue weighted by Crippen LogP contribution is -2.03. The van der Waals surface area contributed by atoms with E-state index in [0.29, 0.717) is 5.92 Å². The summed E-state index contributed by atoms with van der Waals surface area (Å²) in [7, 11) is 1.92. The maximum Gasteiger partial charge on any atom is 0.197 e. The fraction of sp³-hybridized carbons (Fsp3) is 0.500. The molecule has 1 saturated carbocycles. The van der Waals surface area contributed by atoms with Gasteiger partial charge in [-0.15, -0.1) is 0 Å². The van der Waals surface area contributed by atoms with Crippen LogP contribution in [0.15, 0.2) is 16.5 Å². The standard InChI is InChI=1S/C16H19N3O/c1-9-8-11(9)13-6-7-14(20-13)16-18-12-5-3-4-10(12)15(17-2)19-16/h6-7,9,11H,3-5,8H2,1-2H3,(H,17,18,19). The molecular formula is C16H19N3O. The Bertz CT molecular complexity index is 662. The molecule has 0 aliphatic heterocycles. The van der Waals surface area contributed by atoms with Crippen molar-refractivity contribution in [1.82, 2.24) is 9.97 Å². The zero-order chi connectivity index (χ0) is 13.7. The third-order valence-electron chi connectivity index (χ3n) is 4.49. The van der Waals surface area contributed by atoms with Crippen LogP contribution in [0.4, 0.5) is 5.82 Å². The number of rotatable bonds is 3. The molecule has 2 aliphatic carbocycles. The van der Waals surface area contributed by atoms with Gasteiger partial charge < -0.3 is 9.73 Å². The molecule has 0 bridgehead atoms. The summed E-state index contributed by atoms with van der Waals surface area (Å²) in [5, 5.41) is 3.19. The summed E-state index contributed by atoms with van der Waals surface area (Å²) in [6.07, 6.45) is 4.53. The number of aryl methyl sites for hydroxylation is 1. The van der Waals surface area contributed by atoms with Crippen molar-refractivity contribution in [1.29, 1.82) is 0 Å². The van der Waals surface area contributed by atoms with Gasteiger partial charge in [-0.1, -0.05) is 6.92 Å². The Morgan fingerprint density at radius 2 is 2.10 bits per heavy atom. The molecule has 4 heteroatoms. The minimum absolute atomic E-state index is 0.599. The highest BCUT2D eigenvalue weighted by Crippen LogP contribution is 2.48. The maximum atomic E-state index is 5.97. The van der Waals surface area contributed by atoms with Crippen molar-refractivity contribution in [3.8, 4) is 11.6 Å². The lowest BCUT2D eigenvalue weighted by molar-refractivity contribution is 0.515. The van der Waals surface area contributed by atoms with Gasteiger partial charge >= 0.3 is 0 Å². The summed E-state index contributed by atoms with van der Waals surface area (Å²) in [5.74, 6) is 4.91. The van der Waals surface area contributed by atoms with Crippen LogP contribution in [0.25, 0.3) is 11.6 Å². The number of anilines is 1. The Kier molecular flexibility index (Phi) is 2.59. The molecule has 2 atom stereocenters. The van der Waals surface area contributed by atoms with E-state index in [9.17, 15) is 0 Å². The highest BCUT2D eigenvalue weighted by molar-refractivity contribution is 5.57. The zero-order valence-electron chi connectivity index (χ0n) is 11.9. The van der Waals surface area contributed by atoms with Gasteiger partial charge in [-0.2, -0.15) is 0 Å². The van der Waals surface area contributed by atoms with Gasteiger partial charge in [0, 0.05) is 24.2 Å². The molecule has 0 amide bonds. The van der Waals surface area contributed by atoms with E-state index in [1.54, 1.807) is 0 Å². The Labute approximate surface area is 118 Å². The summed E-state index contributed by atoms with van der Waals surface area (Å²) in [6.45, 7) is 2.26. The third-order valence-corrected chi connectivity index (χ3v) is 4.49. The van der Waals surface area contributed by atoms with Gasteiger partial charge in [0.05, 0.1) is 0 Å². The van der Waals surface area contributed by atoms with Crippen LogP contribution in [0, 0.1) is 5.92 Å². The molecule has 2 heterocycles. The van der Waals surface area contributed by atoms with Gasteiger partial charge in [-0.3, -0.25) is 0 Å². The third kappa shape index (κ3) is 1.82. The van der Waals surface area contributed by atoms with Gasteiger partial charge in [-0.05, 0) is 43.7 Å². The van der Waals surface area contributed by atoms with Crippen molar-refractivity contribution in [3.63, 3.8) is 0 Å². The van der Waals surface area contributed by atoms with Crippen molar-refractivity contribution in [2.75, 3.05) is 12.4 Å². The Morgan fingerprint density at radius 3 is 2.85 bits per heavy atom. The second kappa shape index (κ2) is 4.33. The molecule has 104 valence electrons.